The molecule has 0 aromatic heterocycles. The summed E-state index contributed by atoms with van der Waals surface area (Å²) in [7, 11) is 0. The lowest BCUT2D eigenvalue weighted by molar-refractivity contribution is 0.0306. The molecule has 1 heterocycles. The second kappa shape index (κ2) is 4.63. The SMILES string of the molecule is CCC1CCC(O)C(C2CCCN2)C1. The third kappa shape index (κ3) is 2.12. The predicted octanol–water partition coefficient (Wildman–Crippen LogP) is 1.93. The highest BCUT2D eigenvalue weighted by molar-refractivity contribution is 4.90. The average Bonchev–Trinajstić information content (AvgIpc) is 2.71. The zero-order valence-electron chi connectivity index (χ0n) is 9.21. The summed E-state index contributed by atoms with van der Waals surface area (Å²) >= 11 is 0. The Labute approximate surface area is 87.1 Å². The molecule has 2 heteroatoms. The first-order chi connectivity index (χ1) is 6.81. The first-order valence-electron chi connectivity index (χ1n) is 6.22. The van der Waals surface area contributed by atoms with Gasteiger partial charge in [-0.3, -0.25) is 0 Å². The van der Waals surface area contributed by atoms with Crippen molar-refractivity contribution in [3.8, 4) is 0 Å². The van der Waals surface area contributed by atoms with Gasteiger partial charge in [-0.1, -0.05) is 13.3 Å². The molecule has 82 valence electrons. The van der Waals surface area contributed by atoms with Crippen LogP contribution in [0.15, 0.2) is 0 Å². The highest BCUT2D eigenvalue weighted by Crippen LogP contribution is 2.35. The molecule has 14 heavy (non-hydrogen) atoms. The van der Waals surface area contributed by atoms with Crippen LogP contribution >= 0.6 is 0 Å². The maximum Gasteiger partial charge on any atom is 0.0583 e. The molecule has 4 atom stereocenters. The van der Waals surface area contributed by atoms with Gasteiger partial charge in [0.05, 0.1) is 6.10 Å². The third-order valence-corrected chi connectivity index (χ3v) is 4.16. The summed E-state index contributed by atoms with van der Waals surface area (Å²) in [6, 6.07) is 0.611. The van der Waals surface area contributed by atoms with Crippen LogP contribution in [0.1, 0.15) is 45.4 Å². The molecule has 4 unspecified atom stereocenters. The molecule has 1 aliphatic heterocycles. The van der Waals surface area contributed by atoms with E-state index in [1.165, 1.54) is 32.1 Å². The lowest BCUT2D eigenvalue weighted by Crippen LogP contribution is -2.41. The van der Waals surface area contributed by atoms with Crippen molar-refractivity contribution in [1.29, 1.82) is 0 Å². The van der Waals surface area contributed by atoms with E-state index in [-0.39, 0.29) is 6.10 Å². The van der Waals surface area contributed by atoms with Crippen molar-refractivity contribution in [2.75, 3.05) is 6.54 Å². The van der Waals surface area contributed by atoms with Crippen LogP contribution < -0.4 is 5.32 Å². The quantitative estimate of drug-likeness (QED) is 0.709. The molecular formula is C12H23NO. The highest BCUT2D eigenvalue weighted by Gasteiger charge is 2.35. The Bertz CT molecular complexity index is 177. The number of hydrogen-bond acceptors (Lipinski definition) is 2. The molecule has 2 N–H and O–H groups in total. The second-order valence-corrected chi connectivity index (χ2v) is 5.02. The lowest BCUT2D eigenvalue weighted by Gasteiger charge is -2.36. The summed E-state index contributed by atoms with van der Waals surface area (Å²) < 4.78 is 0. The zero-order chi connectivity index (χ0) is 9.97. The molecule has 2 nitrogen and oxygen atoms in total. The molecule has 0 radical (unpaired) electrons. The number of hydrogen-bond donors (Lipinski definition) is 2. The Kier molecular flexibility index (Phi) is 3.45. The van der Waals surface area contributed by atoms with E-state index in [0.29, 0.717) is 12.0 Å². The Hall–Kier alpha value is -0.0800. The van der Waals surface area contributed by atoms with Gasteiger partial charge < -0.3 is 10.4 Å². The van der Waals surface area contributed by atoms with Crippen LogP contribution in [-0.4, -0.2) is 23.8 Å². The molecule has 2 rings (SSSR count). The Morgan fingerprint density at radius 2 is 2.14 bits per heavy atom. The zero-order valence-corrected chi connectivity index (χ0v) is 9.21. The molecule has 0 bridgehead atoms. The van der Waals surface area contributed by atoms with Crippen LogP contribution in [0.3, 0.4) is 0 Å². The van der Waals surface area contributed by atoms with E-state index in [1.54, 1.807) is 0 Å². The van der Waals surface area contributed by atoms with Gasteiger partial charge in [0.15, 0.2) is 0 Å². The molecule has 0 aromatic rings. The fourth-order valence-corrected chi connectivity index (χ4v) is 3.16. The number of aliphatic hydroxyl groups is 1. The number of nitrogens with one attached hydrogen (secondary N) is 1. The van der Waals surface area contributed by atoms with Crippen molar-refractivity contribution in [1.82, 2.24) is 5.32 Å². The van der Waals surface area contributed by atoms with Crippen LogP contribution in [0.4, 0.5) is 0 Å². The molecule has 1 saturated heterocycles. The van der Waals surface area contributed by atoms with E-state index < -0.39 is 0 Å². The first-order valence-corrected chi connectivity index (χ1v) is 6.22. The summed E-state index contributed by atoms with van der Waals surface area (Å²) in [5, 5.41) is 13.5. The van der Waals surface area contributed by atoms with Crippen LogP contribution in [0.5, 0.6) is 0 Å². The van der Waals surface area contributed by atoms with E-state index in [4.69, 9.17) is 0 Å². The van der Waals surface area contributed by atoms with E-state index in [2.05, 4.69) is 12.2 Å². The van der Waals surface area contributed by atoms with Crippen molar-refractivity contribution in [2.45, 2.75) is 57.6 Å². The van der Waals surface area contributed by atoms with Crippen molar-refractivity contribution < 1.29 is 5.11 Å². The van der Waals surface area contributed by atoms with Gasteiger partial charge in [-0.2, -0.15) is 0 Å². The standard InChI is InChI=1S/C12H23NO/c1-2-9-5-6-12(14)10(8-9)11-4-3-7-13-11/h9-14H,2-8H2,1H3. The predicted molar refractivity (Wildman–Crippen MR) is 58.2 cm³/mol. The maximum absolute atomic E-state index is 10.0. The van der Waals surface area contributed by atoms with Crippen LogP contribution in [0.2, 0.25) is 0 Å². The normalized spacial score (nSPS) is 44.1. The van der Waals surface area contributed by atoms with Crippen molar-refractivity contribution in [3.63, 3.8) is 0 Å². The van der Waals surface area contributed by atoms with Gasteiger partial charge in [-0.15, -0.1) is 0 Å². The van der Waals surface area contributed by atoms with Gasteiger partial charge in [0.1, 0.15) is 0 Å². The van der Waals surface area contributed by atoms with Crippen molar-refractivity contribution in [2.24, 2.45) is 11.8 Å². The van der Waals surface area contributed by atoms with Gasteiger partial charge in [-0.25, -0.2) is 0 Å². The summed E-state index contributed by atoms with van der Waals surface area (Å²) in [6.45, 7) is 3.44. The van der Waals surface area contributed by atoms with E-state index in [0.717, 1.165) is 18.9 Å². The molecule has 1 saturated carbocycles. The average molecular weight is 197 g/mol. The van der Waals surface area contributed by atoms with Gasteiger partial charge in [0.2, 0.25) is 0 Å². The maximum atomic E-state index is 10.0. The Morgan fingerprint density at radius 1 is 1.29 bits per heavy atom. The van der Waals surface area contributed by atoms with Crippen molar-refractivity contribution in [3.05, 3.63) is 0 Å². The summed E-state index contributed by atoms with van der Waals surface area (Å²) in [5.41, 5.74) is 0. The first kappa shape index (κ1) is 10.4. The number of rotatable bonds is 2. The molecule has 0 amide bonds. The Balaban J connectivity index is 1.93. The fourth-order valence-electron chi connectivity index (χ4n) is 3.16. The molecule has 2 aliphatic rings. The smallest absolute Gasteiger partial charge is 0.0583 e. The van der Waals surface area contributed by atoms with E-state index in [1.807, 2.05) is 0 Å². The molecule has 0 aromatic carbocycles. The van der Waals surface area contributed by atoms with Gasteiger partial charge in [0.25, 0.3) is 0 Å². The fraction of sp³-hybridized carbons (Fsp3) is 1.00. The van der Waals surface area contributed by atoms with Crippen LogP contribution in [-0.2, 0) is 0 Å². The van der Waals surface area contributed by atoms with Gasteiger partial charge in [-0.05, 0) is 44.6 Å². The summed E-state index contributed by atoms with van der Waals surface area (Å²) in [6.07, 6.45) is 7.34. The van der Waals surface area contributed by atoms with Gasteiger partial charge in [0, 0.05) is 12.0 Å². The van der Waals surface area contributed by atoms with Crippen molar-refractivity contribution >= 4 is 0 Å². The molecule has 1 aliphatic carbocycles. The van der Waals surface area contributed by atoms with Crippen LogP contribution in [0, 0.1) is 11.8 Å². The summed E-state index contributed by atoms with van der Waals surface area (Å²) in [5.74, 6) is 1.40. The van der Waals surface area contributed by atoms with E-state index in [9.17, 15) is 5.11 Å². The monoisotopic (exact) mass is 197 g/mol. The topological polar surface area (TPSA) is 32.3 Å². The minimum Gasteiger partial charge on any atom is -0.393 e. The minimum absolute atomic E-state index is 0.0339. The van der Waals surface area contributed by atoms with Crippen LogP contribution in [0.25, 0.3) is 0 Å². The van der Waals surface area contributed by atoms with E-state index >= 15 is 0 Å². The third-order valence-electron chi connectivity index (χ3n) is 4.16. The summed E-state index contributed by atoms with van der Waals surface area (Å²) in [4.78, 5) is 0. The molecule has 0 spiro atoms. The molecular weight excluding hydrogens is 174 g/mol. The second-order valence-electron chi connectivity index (χ2n) is 5.02. The largest absolute Gasteiger partial charge is 0.393 e. The highest BCUT2D eigenvalue weighted by atomic mass is 16.3. The Morgan fingerprint density at radius 3 is 2.79 bits per heavy atom. The van der Waals surface area contributed by atoms with Gasteiger partial charge >= 0.3 is 0 Å². The minimum atomic E-state index is -0.0339. The lowest BCUT2D eigenvalue weighted by atomic mass is 9.74. The molecule has 2 fully saturated rings. The number of aliphatic hydroxyl groups excluding tert-OH is 1.